The third kappa shape index (κ3) is 5.37. The smallest absolute Gasteiger partial charge is 0.319 e. The summed E-state index contributed by atoms with van der Waals surface area (Å²) in [5.41, 5.74) is 2.01. The summed E-state index contributed by atoms with van der Waals surface area (Å²) >= 11 is 0. The molecule has 1 aliphatic rings. The second-order valence-corrected chi connectivity index (χ2v) is 6.64. The number of ether oxygens (including phenoxy) is 2. The van der Waals surface area contributed by atoms with Crippen molar-refractivity contribution in [2.75, 3.05) is 39.3 Å². The number of anilines is 1. The van der Waals surface area contributed by atoms with Gasteiger partial charge in [-0.05, 0) is 43.9 Å². The Hall–Kier alpha value is -3.26. The molecule has 8 nitrogen and oxygen atoms in total. The zero-order valence-corrected chi connectivity index (χ0v) is 16.0. The van der Waals surface area contributed by atoms with Gasteiger partial charge in [-0.2, -0.15) is 0 Å². The first-order valence-electron chi connectivity index (χ1n) is 8.97. The lowest BCUT2D eigenvalue weighted by atomic mass is 10.1. The maximum atomic E-state index is 12.2. The maximum Gasteiger partial charge on any atom is 0.319 e. The molecule has 8 heteroatoms. The number of fused-ring (bicyclic) bond motifs is 1. The van der Waals surface area contributed by atoms with Gasteiger partial charge in [-0.3, -0.25) is 4.79 Å². The minimum Gasteiger partial charge on any atom is -0.454 e. The van der Waals surface area contributed by atoms with Crippen LogP contribution in [0.5, 0.6) is 11.5 Å². The SMILES string of the molecule is CN(C)CCNC(=O)c1cccc(CNC(=O)Nc2ccc3c(c2)OCO3)c1. The van der Waals surface area contributed by atoms with Crippen molar-refractivity contribution in [2.24, 2.45) is 0 Å². The van der Waals surface area contributed by atoms with Crippen molar-refractivity contribution in [3.63, 3.8) is 0 Å². The van der Waals surface area contributed by atoms with Crippen molar-refractivity contribution in [1.82, 2.24) is 15.5 Å². The molecule has 0 saturated heterocycles. The van der Waals surface area contributed by atoms with Gasteiger partial charge in [0.1, 0.15) is 0 Å². The predicted octanol–water partition coefficient (Wildman–Crippen LogP) is 2.03. The van der Waals surface area contributed by atoms with Crippen molar-refractivity contribution in [3.8, 4) is 11.5 Å². The molecule has 2 aromatic carbocycles. The number of hydrogen-bond donors (Lipinski definition) is 3. The van der Waals surface area contributed by atoms with Gasteiger partial charge in [0.25, 0.3) is 5.91 Å². The van der Waals surface area contributed by atoms with E-state index >= 15 is 0 Å². The lowest BCUT2D eigenvalue weighted by Gasteiger charge is -2.11. The van der Waals surface area contributed by atoms with E-state index in [1.54, 1.807) is 36.4 Å². The molecule has 1 heterocycles. The molecule has 0 aliphatic carbocycles. The van der Waals surface area contributed by atoms with Crippen molar-refractivity contribution >= 4 is 17.6 Å². The Morgan fingerprint density at radius 2 is 1.86 bits per heavy atom. The van der Waals surface area contributed by atoms with E-state index in [0.717, 1.165) is 12.1 Å². The summed E-state index contributed by atoms with van der Waals surface area (Å²) in [6.07, 6.45) is 0. The van der Waals surface area contributed by atoms with Crippen molar-refractivity contribution < 1.29 is 19.1 Å². The van der Waals surface area contributed by atoms with Gasteiger partial charge >= 0.3 is 6.03 Å². The van der Waals surface area contributed by atoms with E-state index in [0.29, 0.717) is 35.8 Å². The number of urea groups is 1. The zero-order chi connectivity index (χ0) is 19.9. The van der Waals surface area contributed by atoms with Crippen molar-refractivity contribution in [1.29, 1.82) is 0 Å². The molecule has 0 saturated carbocycles. The van der Waals surface area contributed by atoms with Gasteiger partial charge in [0.05, 0.1) is 0 Å². The Morgan fingerprint density at radius 1 is 1.04 bits per heavy atom. The molecule has 0 fully saturated rings. The van der Waals surface area contributed by atoms with E-state index < -0.39 is 0 Å². The average Bonchev–Trinajstić information content (AvgIpc) is 3.14. The first-order valence-corrected chi connectivity index (χ1v) is 8.97. The molecule has 0 spiro atoms. The van der Waals surface area contributed by atoms with Crippen LogP contribution in [-0.2, 0) is 6.54 Å². The van der Waals surface area contributed by atoms with Gasteiger partial charge in [0, 0.05) is 37.0 Å². The molecule has 3 rings (SSSR count). The number of carbonyl (C=O) groups is 2. The Labute approximate surface area is 163 Å². The van der Waals surface area contributed by atoms with Crippen LogP contribution in [0.3, 0.4) is 0 Å². The largest absolute Gasteiger partial charge is 0.454 e. The Kier molecular flexibility index (Phi) is 6.33. The lowest BCUT2D eigenvalue weighted by molar-refractivity contribution is 0.0951. The Bertz CT molecular complexity index is 854. The molecule has 148 valence electrons. The van der Waals surface area contributed by atoms with Crippen LogP contribution in [-0.4, -0.2) is 50.8 Å². The van der Waals surface area contributed by atoms with Crippen LogP contribution in [0.15, 0.2) is 42.5 Å². The molecule has 0 unspecified atom stereocenters. The number of hydrogen-bond acceptors (Lipinski definition) is 5. The molecule has 0 atom stereocenters. The number of amides is 3. The van der Waals surface area contributed by atoms with Crippen LogP contribution < -0.4 is 25.4 Å². The molecule has 1 aliphatic heterocycles. The lowest BCUT2D eigenvalue weighted by Crippen LogP contribution is -2.31. The average molecular weight is 384 g/mol. The molecule has 2 aromatic rings. The monoisotopic (exact) mass is 384 g/mol. The summed E-state index contributed by atoms with van der Waals surface area (Å²) in [6.45, 7) is 1.83. The fourth-order valence-corrected chi connectivity index (χ4v) is 2.65. The number of rotatable bonds is 7. The molecule has 0 aromatic heterocycles. The first-order chi connectivity index (χ1) is 13.5. The highest BCUT2D eigenvalue weighted by molar-refractivity contribution is 5.94. The van der Waals surface area contributed by atoms with Gasteiger partial charge in [0.2, 0.25) is 6.79 Å². The summed E-state index contributed by atoms with van der Waals surface area (Å²) in [4.78, 5) is 26.3. The zero-order valence-electron chi connectivity index (χ0n) is 16.0. The van der Waals surface area contributed by atoms with Crippen LogP contribution in [0.4, 0.5) is 10.5 Å². The Balaban J connectivity index is 1.50. The quantitative estimate of drug-likeness (QED) is 0.679. The van der Waals surface area contributed by atoms with Gasteiger partial charge in [-0.1, -0.05) is 12.1 Å². The Morgan fingerprint density at radius 3 is 2.68 bits per heavy atom. The second-order valence-electron chi connectivity index (χ2n) is 6.64. The first kappa shape index (κ1) is 19.5. The van der Waals surface area contributed by atoms with E-state index in [1.807, 2.05) is 25.1 Å². The normalized spacial score (nSPS) is 12.0. The highest BCUT2D eigenvalue weighted by Gasteiger charge is 2.14. The third-order valence-electron chi connectivity index (χ3n) is 4.12. The molecule has 0 radical (unpaired) electrons. The van der Waals surface area contributed by atoms with Gasteiger partial charge in [-0.15, -0.1) is 0 Å². The number of nitrogens with one attached hydrogen (secondary N) is 3. The van der Waals surface area contributed by atoms with Gasteiger partial charge in [0.15, 0.2) is 11.5 Å². The third-order valence-corrected chi connectivity index (χ3v) is 4.12. The van der Waals surface area contributed by atoms with Crippen LogP contribution in [0.2, 0.25) is 0 Å². The molecular weight excluding hydrogens is 360 g/mol. The summed E-state index contributed by atoms with van der Waals surface area (Å²) in [6, 6.07) is 12.0. The minimum atomic E-state index is -0.347. The van der Waals surface area contributed by atoms with Gasteiger partial charge in [-0.25, -0.2) is 4.79 Å². The van der Waals surface area contributed by atoms with Crippen LogP contribution >= 0.6 is 0 Å². The second kappa shape index (κ2) is 9.09. The summed E-state index contributed by atoms with van der Waals surface area (Å²) in [5.74, 6) is 1.13. The standard InChI is InChI=1S/C20H24N4O4/c1-24(2)9-8-21-19(25)15-5-3-4-14(10-15)12-22-20(26)23-16-6-7-17-18(11-16)28-13-27-17/h3-7,10-11H,8-9,12-13H2,1-2H3,(H,21,25)(H2,22,23,26). The fourth-order valence-electron chi connectivity index (χ4n) is 2.65. The van der Waals surface area contributed by atoms with E-state index in [2.05, 4.69) is 16.0 Å². The summed E-state index contributed by atoms with van der Waals surface area (Å²) < 4.78 is 10.5. The topological polar surface area (TPSA) is 91.9 Å². The molecule has 3 amide bonds. The van der Waals surface area contributed by atoms with Crippen LogP contribution in [0, 0.1) is 0 Å². The van der Waals surface area contributed by atoms with E-state index in [1.165, 1.54) is 0 Å². The summed E-state index contributed by atoms with van der Waals surface area (Å²) in [7, 11) is 3.90. The highest BCUT2D eigenvalue weighted by Crippen LogP contribution is 2.34. The van der Waals surface area contributed by atoms with Gasteiger partial charge < -0.3 is 30.3 Å². The molecular formula is C20H24N4O4. The molecule has 3 N–H and O–H groups in total. The fraction of sp³-hybridized carbons (Fsp3) is 0.300. The number of nitrogens with zero attached hydrogens (tertiary/aromatic N) is 1. The summed E-state index contributed by atoms with van der Waals surface area (Å²) in [5, 5.41) is 8.40. The van der Waals surface area contributed by atoms with E-state index in [-0.39, 0.29) is 18.7 Å². The number of likely N-dealkylation sites (N-methyl/N-ethyl adjacent to an activating group) is 1. The highest BCUT2D eigenvalue weighted by atomic mass is 16.7. The van der Waals surface area contributed by atoms with E-state index in [9.17, 15) is 9.59 Å². The maximum absolute atomic E-state index is 12.2. The minimum absolute atomic E-state index is 0.131. The number of benzene rings is 2. The van der Waals surface area contributed by atoms with Crippen LogP contribution in [0.1, 0.15) is 15.9 Å². The predicted molar refractivity (Wildman–Crippen MR) is 106 cm³/mol. The molecule has 28 heavy (non-hydrogen) atoms. The van der Waals surface area contributed by atoms with E-state index in [4.69, 9.17) is 9.47 Å². The van der Waals surface area contributed by atoms with Crippen molar-refractivity contribution in [2.45, 2.75) is 6.54 Å². The molecule has 0 bridgehead atoms. The number of carbonyl (C=O) groups excluding carboxylic acids is 2. The van der Waals surface area contributed by atoms with Crippen molar-refractivity contribution in [3.05, 3.63) is 53.6 Å². The van der Waals surface area contributed by atoms with Crippen LogP contribution in [0.25, 0.3) is 0 Å².